The van der Waals surface area contributed by atoms with Gasteiger partial charge < -0.3 is 15.1 Å². The molecule has 2 N–H and O–H groups in total. The number of nitrogens with zero attached hydrogens (tertiary/aromatic N) is 1. The minimum Gasteiger partial charge on any atom is -0.467 e. The van der Waals surface area contributed by atoms with Crippen LogP contribution < -0.4 is 10.6 Å². The SMILES string of the molecule is NCCc1cc(N2CCCC2)co1. The Morgan fingerprint density at radius 1 is 1.38 bits per heavy atom. The molecule has 1 aliphatic heterocycles. The van der Waals surface area contributed by atoms with Crippen LogP contribution in [0.1, 0.15) is 18.6 Å². The van der Waals surface area contributed by atoms with E-state index in [-0.39, 0.29) is 0 Å². The van der Waals surface area contributed by atoms with Gasteiger partial charge in [0.2, 0.25) is 0 Å². The van der Waals surface area contributed by atoms with Gasteiger partial charge in [0.25, 0.3) is 0 Å². The maximum Gasteiger partial charge on any atom is 0.114 e. The summed E-state index contributed by atoms with van der Waals surface area (Å²) in [5.74, 6) is 1.00. The van der Waals surface area contributed by atoms with Gasteiger partial charge in [-0.05, 0) is 19.4 Å². The summed E-state index contributed by atoms with van der Waals surface area (Å²) in [5, 5.41) is 0. The maximum absolute atomic E-state index is 5.45. The van der Waals surface area contributed by atoms with Gasteiger partial charge in [-0.2, -0.15) is 0 Å². The third kappa shape index (κ3) is 1.86. The zero-order valence-electron chi connectivity index (χ0n) is 7.83. The van der Waals surface area contributed by atoms with Crippen molar-refractivity contribution in [2.45, 2.75) is 19.3 Å². The number of hydrogen-bond acceptors (Lipinski definition) is 3. The van der Waals surface area contributed by atoms with E-state index < -0.39 is 0 Å². The van der Waals surface area contributed by atoms with Gasteiger partial charge in [-0.1, -0.05) is 0 Å². The lowest BCUT2D eigenvalue weighted by molar-refractivity contribution is 0.510. The summed E-state index contributed by atoms with van der Waals surface area (Å²) in [7, 11) is 0. The van der Waals surface area contributed by atoms with Crippen molar-refractivity contribution < 1.29 is 4.42 Å². The highest BCUT2D eigenvalue weighted by Gasteiger charge is 2.14. The Balaban J connectivity index is 2.03. The average molecular weight is 180 g/mol. The van der Waals surface area contributed by atoms with Crippen molar-refractivity contribution >= 4 is 5.69 Å². The lowest BCUT2D eigenvalue weighted by atomic mass is 10.3. The lowest BCUT2D eigenvalue weighted by Crippen LogP contribution is -2.16. The fourth-order valence-corrected chi connectivity index (χ4v) is 1.78. The van der Waals surface area contributed by atoms with Crippen molar-refractivity contribution in [3.63, 3.8) is 0 Å². The number of furan rings is 1. The summed E-state index contributed by atoms with van der Waals surface area (Å²) in [6.07, 6.45) is 5.29. The molecule has 0 radical (unpaired) electrons. The zero-order valence-corrected chi connectivity index (χ0v) is 7.83. The van der Waals surface area contributed by atoms with Crippen LogP contribution in [-0.4, -0.2) is 19.6 Å². The molecule has 2 rings (SSSR count). The Hall–Kier alpha value is -0.960. The molecule has 0 aromatic carbocycles. The Kier molecular flexibility index (Phi) is 2.54. The number of rotatable bonds is 3. The van der Waals surface area contributed by atoms with Gasteiger partial charge in [0, 0.05) is 25.6 Å². The first-order chi connectivity index (χ1) is 6.40. The molecule has 1 aromatic heterocycles. The first-order valence-electron chi connectivity index (χ1n) is 4.92. The Morgan fingerprint density at radius 2 is 2.15 bits per heavy atom. The summed E-state index contributed by atoms with van der Waals surface area (Å²) < 4.78 is 5.40. The van der Waals surface area contributed by atoms with Crippen molar-refractivity contribution in [2.24, 2.45) is 5.73 Å². The van der Waals surface area contributed by atoms with Gasteiger partial charge >= 0.3 is 0 Å². The molecule has 3 heteroatoms. The largest absolute Gasteiger partial charge is 0.467 e. The second-order valence-electron chi connectivity index (χ2n) is 3.50. The van der Waals surface area contributed by atoms with E-state index in [1.807, 2.05) is 6.26 Å². The van der Waals surface area contributed by atoms with Gasteiger partial charge in [-0.15, -0.1) is 0 Å². The summed E-state index contributed by atoms with van der Waals surface area (Å²) in [6.45, 7) is 3.00. The fraction of sp³-hybridized carbons (Fsp3) is 0.600. The van der Waals surface area contributed by atoms with E-state index in [2.05, 4.69) is 11.0 Å². The molecule has 1 aliphatic rings. The molecule has 0 saturated carbocycles. The molecule has 1 aromatic rings. The van der Waals surface area contributed by atoms with Crippen molar-refractivity contribution in [3.8, 4) is 0 Å². The summed E-state index contributed by atoms with van der Waals surface area (Å²) in [5.41, 5.74) is 6.67. The van der Waals surface area contributed by atoms with E-state index in [4.69, 9.17) is 10.2 Å². The van der Waals surface area contributed by atoms with Crippen LogP contribution in [0.15, 0.2) is 16.7 Å². The minimum atomic E-state index is 0.660. The normalized spacial score (nSPS) is 16.8. The smallest absolute Gasteiger partial charge is 0.114 e. The Labute approximate surface area is 78.5 Å². The molecule has 0 bridgehead atoms. The average Bonchev–Trinajstić information content (AvgIpc) is 2.70. The van der Waals surface area contributed by atoms with E-state index in [1.165, 1.54) is 31.6 Å². The fourth-order valence-electron chi connectivity index (χ4n) is 1.78. The van der Waals surface area contributed by atoms with Crippen molar-refractivity contribution in [1.82, 2.24) is 0 Å². The van der Waals surface area contributed by atoms with Gasteiger partial charge in [-0.25, -0.2) is 0 Å². The third-order valence-electron chi connectivity index (χ3n) is 2.50. The first kappa shape index (κ1) is 8.63. The van der Waals surface area contributed by atoms with Gasteiger partial charge in [0.1, 0.15) is 12.0 Å². The molecule has 0 unspecified atom stereocenters. The number of anilines is 1. The molecule has 0 aliphatic carbocycles. The number of nitrogens with two attached hydrogens (primary N) is 1. The molecule has 3 nitrogen and oxygen atoms in total. The molecule has 1 fully saturated rings. The van der Waals surface area contributed by atoms with Crippen LogP contribution >= 0.6 is 0 Å². The topological polar surface area (TPSA) is 42.4 Å². The standard InChI is InChI=1S/C10H16N2O/c11-4-3-10-7-9(8-13-10)12-5-1-2-6-12/h7-8H,1-6,11H2. The van der Waals surface area contributed by atoms with E-state index in [9.17, 15) is 0 Å². The molecule has 0 atom stereocenters. The molecule has 0 spiro atoms. The Bertz CT molecular complexity index is 264. The molecule has 0 amide bonds. The molecule has 72 valence electrons. The number of hydrogen-bond donors (Lipinski definition) is 1. The van der Waals surface area contributed by atoms with Crippen LogP contribution in [0.4, 0.5) is 5.69 Å². The highest BCUT2D eigenvalue weighted by Crippen LogP contribution is 2.22. The highest BCUT2D eigenvalue weighted by atomic mass is 16.3. The first-order valence-corrected chi connectivity index (χ1v) is 4.92. The second kappa shape index (κ2) is 3.83. The second-order valence-corrected chi connectivity index (χ2v) is 3.50. The van der Waals surface area contributed by atoms with Crippen LogP contribution in [0.25, 0.3) is 0 Å². The monoisotopic (exact) mass is 180 g/mol. The molecule has 13 heavy (non-hydrogen) atoms. The predicted molar refractivity (Wildman–Crippen MR) is 52.9 cm³/mol. The third-order valence-corrected chi connectivity index (χ3v) is 2.50. The maximum atomic E-state index is 5.45. The molecular weight excluding hydrogens is 164 g/mol. The van der Waals surface area contributed by atoms with Crippen LogP contribution in [0.5, 0.6) is 0 Å². The van der Waals surface area contributed by atoms with Crippen LogP contribution in [0, 0.1) is 0 Å². The summed E-state index contributed by atoms with van der Waals surface area (Å²) in [6, 6.07) is 2.11. The Morgan fingerprint density at radius 3 is 2.85 bits per heavy atom. The molecular formula is C10H16N2O. The van der Waals surface area contributed by atoms with Gasteiger partial charge in [0.15, 0.2) is 0 Å². The minimum absolute atomic E-state index is 0.660. The lowest BCUT2D eigenvalue weighted by Gasteiger charge is -2.13. The quantitative estimate of drug-likeness (QED) is 0.764. The molecule has 1 saturated heterocycles. The van der Waals surface area contributed by atoms with Crippen LogP contribution in [0.3, 0.4) is 0 Å². The van der Waals surface area contributed by atoms with Gasteiger partial charge in [0.05, 0.1) is 5.69 Å². The van der Waals surface area contributed by atoms with E-state index in [0.717, 1.165) is 12.2 Å². The molecule has 2 heterocycles. The van der Waals surface area contributed by atoms with E-state index >= 15 is 0 Å². The predicted octanol–water partition coefficient (Wildman–Crippen LogP) is 1.38. The van der Waals surface area contributed by atoms with Crippen molar-refractivity contribution in [1.29, 1.82) is 0 Å². The van der Waals surface area contributed by atoms with Crippen LogP contribution in [0.2, 0.25) is 0 Å². The van der Waals surface area contributed by atoms with Crippen molar-refractivity contribution in [3.05, 3.63) is 18.1 Å². The summed E-state index contributed by atoms with van der Waals surface area (Å²) >= 11 is 0. The summed E-state index contributed by atoms with van der Waals surface area (Å²) in [4.78, 5) is 2.36. The van der Waals surface area contributed by atoms with Gasteiger partial charge in [-0.3, -0.25) is 0 Å². The highest BCUT2D eigenvalue weighted by molar-refractivity contribution is 5.45. The van der Waals surface area contributed by atoms with E-state index in [0.29, 0.717) is 6.54 Å². The van der Waals surface area contributed by atoms with Crippen LogP contribution in [-0.2, 0) is 6.42 Å². The zero-order chi connectivity index (χ0) is 9.10. The van der Waals surface area contributed by atoms with E-state index in [1.54, 1.807) is 0 Å². The van der Waals surface area contributed by atoms with Crippen molar-refractivity contribution in [2.75, 3.05) is 24.5 Å².